The molecule has 0 saturated carbocycles. The number of rotatable bonds is 7. The zero-order valence-electron chi connectivity index (χ0n) is 14.4. The summed E-state index contributed by atoms with van der Waals surface area (Å²) < 4.78 is 5.08. The Kier molecular flexibility index (Phi) is 6.54. The van der Waals surface area contributed by atoms with Gasteiger partial charge in [-0.1, -0.05) is 0 Å². The lowest BCUT2D eigenvalue weighted by atomic mass is 10.1. The van der Waals surface area contributed by atoms with Crippen LogP contribution in [0.25, 0.3) is 0 Å². The third-order valence-electron chi connectivity index (χ3n) is 3.61. The van der Waals surface area contributed by atoms with E-state index in [0.717, 1.165) is 5.75 Å². The van der Waals surface area contributed by atoms with Gasteiger partial charge in [-0.2, -0.15) is 0 Å². The first-order valence-corrected chi connectivity index (χ1v) is 8.09. The van der Waals surface area contributed by atoms with E-state index in [1.807, 2.05) is 6.92 Å². The molecular formula is C19H23N3O3. The van der Waals surface area contributed by atoms with E-state index >= 15 is 0 Å². The summed E-state index contributed by atoms with van der Waals surface area (Å²) in [6, 6.07) is 13.8. The highest BCUT2D eigenvalue weighted by Gasteiger charge is 2.08. The van der Waals surface area contributed by atoms with Crippen LogP contribution in [-0.4, -0.2) is 25.0 Å². The van der Waals surface area contributed by atoms with Gasteiger partial charge in [-0.15, -0.1) is 0 Å². The number of anilines is 2. The van der Waals surface area contributed by atoms with Crippen molar-refractivity contribution in [1.82, 2.24) is 0 Å². The van der Waals surface area contributed by atoms with Crippen molar-refractivity contribution in [2.24, 2.45) is 5.73 Å². The second-order valence-corrected chi connectivity index (χ2v) is 5.82. The van der Waals surface area contributed by atoms with Crippen LogP contribution in [0.15, 0.2) is 48.5 Å². The molecule has 1 unspecified atom stereocenters. The zero-order valence-corrected chi connectivity index (χ0v) is 14.4. The van der Waals surface area contributed by atoms with E-state index in [1.54, 1.807) is 55.6 Å². The van der Waals surface area contributed by atoms with Crippen molar-refractivity contribution in [2.45, 2.75) is 25.8 Å². The molecule has 0 spiro atoms. The molecule has 0 aliphatic carbocycles. The van der Waals surface area contributed by atoms with Crippen LogP contribution < -0.4 is 21.1 Å². The van der Waals surface area contributed by atoms with Crippen molar-refractivity contribution in [1.29, 1.82) is 0 Å². The van der Waals surface area contributed by atoms with Gasteiger partial charge in [0.2, 0.25) is 5.91 Å². The molecule has 2 rings (SSSR count). The fourth-order valence-corrected chi connectivity index (χ4v) is 2.16. The molecule has 2 aromatic rings. The van der Waals surface area contributed by atoms with Gasteiger partial charge in [-0.05, 0) is 61.9 Å². The Labute approximate surface area is 147 Å². The van der Waals surface area contributed by atoms with E-state index in [9.17, 15) is 9.59 Å². The fourth-order valence-electron chi connectivity index (χ4n) is 2.16. The Bertz CT molecular complexity index is 710. The summed E-state index contributed by atoms with van der Waals surface area (Å²) in [4.78, 5) is 24.0. The van der Waals surface area contributed by atoms with Gasteiger partial charge in [-0.3, -0.25) is 9.59 Å². The van der Waals surface area contributed by atoms with Gasteiger partial charge in [-0.25, -0.2) is 0 Å². The molecule has 0 fully saturated rings. The Morgan fingerprint density at radius 1 is 1.00 bits per heavy atom. The predicted molar refractivity (Wildman–Crippen MR) is 98.9 cm³/mol. The smallest absolute Gasteiger partial charge is 0.255 e. The number of nitrogens with two attached hydrogens (primary N) is 1. The van der Waals surface area contributed by atoms with Gasteiger partial charge in [0.05, 0.1) is 7.11 Å². The van der Waals surface area contributed by atoms with Crippen molar-refractivity contribution < 1.29 is 14.3 Å². The van der Waals surface area contributed by atoms with Crippen LogP contribution in [0.1, 0.15) is 30.1 Å². The topological polar surface area (TPSA) is 93.5 Å². The number of nitrogens with one attached hydrogen (secondary N) is 2. The molecule has 0 heterocycles. The van der Waals surface area contributed by atoms with E-state index in [-0.39, 0.29) is 17.9 Å². The van der Waals surface area contributed by atoms with E-state index in [2.05, 4.69) is 10.6 Å². The molecule has 0 bridgehead atoms. The summed E-state index contributed by atoms with van der Waals surface area (Å²) in [7, 11) is 1.59. The number of carbonyl (C=O) groups is 2. The molecule has 2 amide bonds. The lowest BCUT2D eigenvalue weighted by Crippen LogP contribution is -2.19. The summed E-state index contributed by atoms with van der Waals surface area (Å²) >= 11 is 0. The Morgan fingerprint density at radius 3 is 2.12 bits per heavy atom. The average molecular weight is 341 g/mol. The molecular weight excluding hydrogens is 318 g/mol. The third-order valence-corrected chi connectivity index (χ3v) is 3.61. The first-order valence-electron chi connectivity index (χ1n) is 8.09. The molecule has 0 aliphatic rings. The van der Waals surface area contributed by atoms with Gasteiger partial charge >= 0.3 is 0 Å². The normalized spacial score (nSPS) is 11.5. The monoisotopic (exact) mass is 341 g/mol. The number of methoxy groups -OCH3 is 1. The lowest BCUT2D eigenvalue weighted by molar-refractivity contribution is -0.116. The highest BCUT2D eigenvalue weighted by Crippen LogP contribution is 2.17. The summed E-state index contributed by atoms with van der Waals surface area (Å²) in [5.41, 5.74) is 7.47. The fraction of sp³-hybridized carbons (Fsp3) is 0.263. The van der Waals surface area contributed by atoms with Crippen molar-refractivity contribution in [2.75, 3.05) is 17.7 Å². The van der Waals surface area contributed by atoms with Crippen LogP contribution in [0.2, 0.25) is 0 Å². The van der Waals surface area contributed by atoms with Gasteiger partial charge in [0.25, 0.3) is 5.91 Å². The highest BCUT2D eigenvalue weighted by molar-refractivity contribution is 6.04. The van der Waals surface area contributed by atoms with Crippen LogP contribution >= 0.6 is 0 Å². The van der Waals surface area contributed by atoms with Crippen LogP contribution in [0.4, 0.5) is 11.4 Å². The Morgan fingerprint density at radius 2 is 1.56 bits per heavy atom. The van der Waals surface area contributed by atoms with E-state index in [0.29, 0.717) is 29.8 Å². The quantitative estimate of drug-likeness (QED) is 0.721. The summed E-state index contributed by atoms with van der Waals surface area (Å²) in [5.74, 6) is 0.412. The van der Waals surface area contributed by atoms with Gasteiger partial charge in [0, 0.05) is 29.4 Å². The maximum atomic E-state index is 12.2. The molecule has 25 heavy (non-hydrogen) atoms. The standard InChI is InChI=1S/C19H23N3O3/c1-13(20)3-12-18(23)21-15-6-4-14(5-7-15)19(24)22-16-8-10-17(25-2)11-9-16/h4-11,13H,3,12,20H2,1-2H3,(H,21,23)(H,22,24). The van der Waals surface area contributed by atoms with Crippen LogP contribution in [0, 0.1) is 0 Å². The Hall–Kier alpha value is -2.86. The molecule has 2 aromatic carbocycles. The molecule has 0 saturated heterocycles. The van der Waals surface area contributed by atoms with Crippen LogP contribution in [0.3, 0.4) is 0 Å². The lowest BCUT2D eigenvalue weighted by Gasteiger charge is -2.09. The summed E-state index contributed by atoms with van der Waals surface area (Å²) in [5, 5.41) is 5.59. The first kappa shape index (κ1) is 18.5. The largest absolute Gasteiger partial charge is 0.497 e. The molecule has 132 valence electrons. The van der Waals surface area contributed by atoms with Crippen LogP contribution in [0.5, 0.6) is 5.75 Å². The third kappa shape index (κ3) is 5.93. The summed E-state index contributed by atoms with van der Waals surface area (Å²) in [6.45, 7) is 1.86. The number of ether oxygens (including phenoxy) is 1. The van der Waals surface area contributed by atoms with Crippen molar-refractivity contribution in [3.05, 3.63) is 54.1 Å². The minimum absolute atomic E-state index is 0.00484. The van der Waals surface area contributed by atoms with E-state index in [4.69, 9.17) is 10.5 Å². The SMILES string of the molecule is COc1ccc(NC(=O)c2ccc(NC(=O)CCC(C)N)cc2)cc1. The number of amides is 2. The number of benzene rings is 2. The minimum Gasteiger partial charge on any atom is -0.497 e. The second-order valence-electron chi connectivity index (χ2n) is 5.82. The zero-order chi connectivity index (χ0) is 18.2. The number of carbonyl (C=O) groups excluding carboxylic acids is 2. The van der Waals surface area contributed by atoms with Crippen molar-refractivity contribution >= 4 is 23.2 Å². The number of hydrogen-bond acceptors (Lipinski definition) is 4. The first-order chi connectivity index (χ1) is 12.0. The van der Waals surface area contributed by atoms with Gasteiger partial charge < -0.3 is 21.1 Å². The van der Waals surface area contributed by atoms with Crippen molar-refractivity contribution in [3.63, 3.8) is 0 Å². The average Bonchev–Trinajstić information content (AvgIpc) is 2.61. The maximum Gasteiger partial charge on any atom is 0.255 e. The predicted octanol–water partition coefficient (Wildman–Crippen LogP) is 3.01. The molecule has 0 aliphatic heterocycles. The molecule has 4 N–H and O–H groups in total. The van der Waals surface area contributed by atoms with E-state index < -0.39 is 0 Å². The van der Waals surface area contributed by atoms with Crippen molar-refractivity contribution in [3.8, 4) is 5.75 Å². The second kappa shape index (κ2) is 8.84. The maximum absolute atomic E-state index is 12.2. The number of hydrogen-bond donors (Lipinski definition) is 3. The van der Waals surface area contributed by atoms with E-state index in [1.165, 1.54) is 0 Å². The minimum atomic E-state index is -0.222. The van der Waals surface area contributed by atoms with Gasteiger partial charge in [0.15, 0.2) is 0 Å². The molecule has 0 radical (unpaired) electrons. The highest BCUT2D eigenvalue weighted by atomic mass is 16.5. The molecule has 0 aromatic heterocycles. The van der Waals surface area contributed by atoms with Crippen LogP contribution in [-0.2, 0) is 4.79 Å². The molecule has 1 atom stereocenters. The molecule has 6 heteroatoms. The summed E-state index contributed by atoms with van der Waals surface area (Å²) in [6.07, 6.45) is 1.01. The molecule has 6 nitrogen and oxygen atoms in total. The Balaban J connectivity index is 1.91. The van der Waals surface area contributed by atoms with Gasteiger partial charge in [0.1, 0.15) is 5.75 Å².